The van der Waals surface area contributed by atoms with E-state index in [-0.39, 0.29) is 11.7 Å². The third kappa shape index (κ3) is 6.49. The van der Waals surface area contributed by atoms with Crippen LogP contribution in [-0.4, -0.2) is 44.0 Å². The van der Waals surface area contributed by atoms with Crippen molar-refractivity contribution in [1.29, 1.82) is 0 Å². The summed E-state index contributed by atoms with van der Waals surface area (Å²) in [5, 5.41) is 2.63. The first-order valence-corrected chi connectivity index (χ1v) is 8.08. The van der Waals surface area contributed by atoms with E-state index in [1.807, 2.05) is 26.0 Å². The molecule has 1 aromatic rings. The van der Waals surface area contributed by atoms with E-state index < -0.39 is 12.1 Å². The molecule has 0 heterocycles. The Labute approximate surface area is 135 Å². The average molecular weight is 325 g/mol. The van der Waals surface area contributed by atoms with Crippen molar-refractivity contribution in [3.05, 3.63) is 29.3 Å². The third-order valence-electron chi connectivity index (χ3n) is 2.96. The number of carbonyl (C=O) groups is 2. The Morgan fingerprint density at radius 3 is 2.68 bits per heavy atom. The number of ether oxygens (including phenoxy) is 2. The Kier molecular flexibility index (Phi) is 7.98. The molecule has 1 N–H and O–H groups in total. The highest BCUT2D eigenvalue weighted by molar-refractivity contribution is 8.00. The molecular weight excluding hydrogens is 302 g/mol. The fourth-order valence-corrected chi connectivity index (χ4v) is 2.59. The molecule has 22 heavy (non-hydrogen) atoms. The van der Waals surface area contributed by atoms with Crippen LogP contribution in [0.15, 0.2) is 23.1 Å². The molecule has 0 aliphatic rings. The molecule has 5 nitrogen and oxygen atoms in total. The molecule has 0 aliphatic heterocycles. The van der Waals surface area contributed by atoms with Crippen LogP contribution in [0.4, 0.5) is 0 Å². The van der Waals surface area contributed by atoms with E-state index in [1.54, 1.807) is 14.0 Å². The molecule has 122 valence electrons. The minimum Gasteiger partial charge on any atom is -0.452 e. The van der Waals surface area contributed by atoms with Crippen LogP contribution in [0.25, 0.3) is 0 Å². The van der Waals surface area contributed by atoms with Crippen LogP contribution < -0.4 is 5.32 Å². The summed E-state index contributed by atoms with van der Waals surface area (Å²) in [5.74, 6) is -0.541. The predicted molar refractivity (Wildman–Crippen MR) is 87.1 cm³/mol. The summed E-state index contributed by atoms with van der Waals surface area (Å²) in [5.41, 5.74) is 2.31. The Morgan fingerprint density at radius 2 is 2.05 bits per heavy atom. The number of thioether (sulfide) groups is 1. The van der Waals surface area contributed by atoms with Crippen molar-refractivity contribution in [2.45, 2.75) is 31.8 Å². The molecule has 1 amide bonds. The SMILES string of the molecule is COCCNC(=O)[C@H](C)OC(=O)CSc1ccc(C)cc1C. The fraction of sp³-hybridized carbons (Fsp3) is 0.500. The summed E-state index contributed by atoms with van der Waals surface area (Å²) in [6.45, 7) is 6.41. The first-order valence-electron chi connectivity index (χ1n) is 7.10. The van der Waals surface area contributed by atoms with Gasteiger partial charge in [0, 0.05) is 18.6 Å². The summed E-state index contributed by atoms with van der Waals surface area (Å²) in [4.78, 5) is 24.5. The molecule has 0 aromatic heterocycles. The number of nitrogens with one attached hydrogen (secondary N) is 1. The van der Waals surface area contributed by atoms with Gasteiger partial charge in [-0.25, -0.2) is 0 Å². The van der Waals surface area contributed by atoms with Crippen LogP contribution in [0.1, 0.15) is 18.1 Å². The lowest BCUT2D eigenvalue weighted by molar-refractivity contribution is -0.152. The highest BCUT2D eigenvalue weighted by Gasteiger charge is 2.17. The molecule has 0 saturated heterocycles. The first kappa shape index (κ1) is 18.5. The predicted octanol–water partition coefficient (Wildman–Crippen LogP) is 2.09. The molecule has 0 saturated carbocycles. The summed E-state index contributed by atoms with van der Waals surface area (Å²) < 4.78 is 9.95. The molecule has 0 spiro atoms. The topological polar surface area (TPSA) is 64.6 Å². The van der Waals surface area contributed by atoms with Crippen LogP contribution in [-0.2, 0) is 19.1 Å². The van der Waals surface area contributed by atoms with Crippen molar-refractivity contribution >= 4 is 23.6 Å². The van der Waals surface area contributed by atoms with Crippen molar-refractivity contribution in [1.82, 2.24) is 5.32 Å². The van der Waals surface area contributed by atoms with Crippen LogP contribution in [0.3, 0.4) is 0 Å². The molecule has 6 heteroatoms. The highest BCUT2D eigenvalue weighted by Crippen LogP contribution is 2.23. The van der Waals surface area contributed by atoms with Gasteiger partial charge in [0.1, 0.15) is 0 Å². The number of carbonyl (C=O) groups excluding carboxylic acids is 2. The molecule has 1 aromatic carbocycles. The smallest absolute Gasteiger partial charge is 0.317 e. The maximum Gasteiger partial charge on any atom is 0.317 e. The van der Waals surface area contributed by atoms with Gasteiger partial charge >= 0.3 is 5.97 Å². The van der Waals surface area contributed by atoms with E-state index in [0.717, 1.165) is 10.5 Å². The maximum atomic E-state index is 11.8. The van der Waals surface area contributed by atoms with Gasteiger partial charge in [-0.3, -0.25) is 9.59 Å². The quantitative estimate of drug-likeness (QED) is 0.450. The lowest BCUT2D eigenvalue weighted by Crippen LogP contribution is -2.37. The lowest BCUT2D eigenvalue weighted by atomic mass is 10.2. The van der Waals surface area contributed by atoms with Gasteiger partial charge in [-0.2, -0.15) is 0 Å². The van der Waals surface area contributed by atoms with Crippen LogP contribution >= 0.6 is 11.8 Å². The average Bonchev–Trinajstić information content (AvgIpc) is 2.46. The number of benzene rings is 1. The summed E-state index contributed by atoms with van der Waals surface area (Å²) in [7, 11) is 1.56. The minimum absolute atomic E-state index is 0.180. The Morgan fingerprint density at radius 1 is 1.32 bits per heavy atom. The largest absolute Gasteiger partial charge is 0.452 e. The second-order valence-electron chi connectivity index (χ2n) is 4.97. The maximum absolute atomic E-state index is 11.8. The lowest BCUT2D eigenvalue weighted by Gasteiger charge is -2.13. The van der Waals surface area contributed by atoms with Crippen LogP contribution in [0.5, 0.6) is 0 Å². The molecular formula is C16H23NO4S. The highest BCUT2D eigenvalue weighted by atomic mass is 32.2. The molecule has 0 bridgehead atoms. The van der Waals surface area contributed by atoms with E-state index in [4.69, 9.17) is 9.47 Å². The zero-order chi connectivity index (χ0) is 16.5. The monoisotopic (exact) mass is 325 g/mol. The van der Waals surface area contributed by atoms with Crippen molar-refractivity contribution in [3.8, 4) is 0 Å². The van der Waals surface area contributed by atoms with Gasteiger partial charge in [0.2, 0.25) is 0 Å². The van der Waals surface area contributed by atoms with Crippen molar-refractivity contribution < 1.29 is 19.1 Å². The van der Waals surface area contributed by atoms with Crippen molar-refractivity contribution in [2.24, 2.45) is 0 Å². The molecule has 0 unspecified atom stereocenters. The van der Waals surface area contributed by atoms with Gasteiger partial charge in [0.15, 0.2) is 6.10 Å². The van der Waals surface area contributed by atoms with Gasteiger partial charge < -0.3 is 14.8 Å². The molecule has 0 radical (unpaired) electrons. The van der Waals surface area contributed by atoms with E-state index in [2.05, 4.69) is 11.4 Å². The van der Waals surface area contributed by atoms with Gasteiger partial charge in [-0.1, -0.05) is 17.7 Å². The number of amides is 1. The standard InChI is InChI=1S/C16H23NO4S/c1-11-5-6-14(12(2)9-11)22-10-15(18)21-13(3)16(19)17-7-8-20-4/h5-6,9,13H,7-8,10H2,1-4H3,(H,17,19)/t13-/m0/s1. The van der Waals surface area contributed by atoms with E-state index >= 15 is 0 Å². The van der Waals surface area contributed by atoms with Gasteiger partial charge in [-0.15, -0.1) is 11.8 Å². The third-order valence-corrected chi connectivity index (χ3v) is 4.11. The van der Waals surface area contributed by atoms with Gasteiger partial charge in [0.25, 0.3) is 5.91 Å². The van der Waals surface area contributed by atoms with Gasteiger partial charge in [-0.05, 0) is 32.4 Å². The van der Waals surface area contributed by atoms with Crippen molar-refractivity contribution in [3.63, 3.8) is 0 Å². The van der Waals surface area contributed by atoms with Gasteiger partial charge in [0.05, 0.1) is 12.4 Å². The van der Waals surface area contributed by atoms with E-state index in [1.165, 1.54) is 17.3 Å². The van der Waals surface area contributed by atoms with E-state index in [0.29, 0.717) is 13.2 Å². The minimum atomic E-state index is -0.802. The second-order valence-corrected chi connectivity index (χ2v) is 5.99. The summed E-state index contributed by atoms with van der Waals surface area (Å²) in [6, 6.07) is 6.07. The first-order chi connectivity index (χ1) is 10.4. The Bertz CT molecular complexity index is 519. The molecule has 0 fully saturated rings. The Balaban J connectivity index is 2.37. The number of esters is 1. The number of methoxy groups -OCH3 is 1. The zero-order valence-electron chi connectivity index (χ0n) is 13.5. The number of rotatable bonds is 8. The summed E-state index contributed by atoms with van der Waals surface area (Å²) >= 11 is 1.41. The zero-order valence-corrected chi connectivity index (χ0v) is 14.3. The number of hydrogen-bond donors (Lipinski definition) is 1. The summed E-state index contributed by atoms with van der Waals surface area (Å²) in [6.07, 6.45) is -0.802. The molecule has 0 aliphatic carbocycles. The Hall–Kier alpha value is -1.53. The fourth-order valence-electron chi connectivity index (χ4n) is 1.80. The van der Waals surface area contributed by atoms with Crippen molar-refractivity contribution in [2.75, 3.05) is 26.0 Å². The normalized spacial score (nSPS) is 11.8. The number of hydrogen-bond acceptors (Lipinski definition) is 5. The van der Waals surface area contributed by atoms with Crippen LogP contribution in [0, 0.1) is 13.8 Å². The second kappa shape index (κ2) is 9.48. The molecule has 1 atom stereocenters. The van der Waals surface area contributed by atoms with E-state index in [9.17, 15) is 9.59 Å². The van der Waals surface area contributed by atoms with Crippen LogP contribution in [0.2, 0.25) is 0 Å². The molecule has 1 rings (SSSR count). The number of aryl methyl sites for hydroxylation is 2.